The lowest BCUT2D eigenvalue weighted by Gasteiger charge is -2.10. The Kier molecular flexibility index (Phi) is 3.57. The number of aromatic nitrogens is 2. The average molecular weight is 302 g/mol. The second kappa shape index (κ2) is 5.38. The van der Waals surface area contributed by atoms with E-state index in [-0.39, 0.29) is 16.4 Å². The first kappa shape index (κ1) is 13.9. The number of hydrogen-bond donors (Lipinski definition) is 0. The van der Waals surface area contributed by atoms with Crippen LogP contribution in [-0.2, 0) is 11.3 Å². The van der Waals surface area contributed by atoms with Crippen molar-refractivity contribution in [3.05, 3.63) is 50.7 Å². The number of ether oxygens (including phenoxy) is 1. The molecule has 0 fully saturated rings. The fraction of sp³-hybridized carbons (Fsp3) is 0.267. The van der Waals surface area contributed by atoms with Gasteiger partial charge in [-0.05, 0) is 19.1 Å². The van der Waals surface area contributed by atoms with Crippen molar-refractivity contribution in [2.45, 2.75) is 13.5 Å². The Hall–Kier alpha value is -2.05. The van der Waals surface area contributed by atoms with Gasteiger partial charge in [0.15, 0.2) is 0 Å². The van der Waals surface area contributed by atoms with Crippen molar-refractivity contribution in [1.82, 2.24) is 9.55 Å². The standard InChI is InChI=1S/C15H14N2O3S/c1-9-16-14-12(15(19)17(9)7-8-20-2)13(18)10-5-3-4-6-11(10)21-14/h3-6H,7-8H2,1-2H3. The number of benzene rings is 1. The van der Waals surface area contributed by atoms with Crippen molar-refractivity contribution in [2.24, 2.45) is 0 Å². The van der Waals surface area contributed by atoms with E-state index in [1.165, 1.54) is 15.9 Å². The first-order valence-corrected chi connectivity index (χ1v) is 7.37. The van der Waals surface area contributed by atoms with Gasteiger partial charge in [0.25, 0.3) is 5.56 Å². The molecule has 2 aromatic heterocycles. The van der Waals surface area contributed by atoms with Crippen LogP contribution in [0.15, 0.2) is 33.9 Å². The maximum absolute atomic E-state index is 12.6. The number of nitrogens with zero attached hydrogens (tertiary/aromatic N) is 2. The second-order valence-corrected chi connectivity index (χ2v) is 5.75. The molecule has 2 heterocycles. The maximum atomic E-state index is 12.6. The van der Waals surface area contributed by atoms with Crippen molar-refractivity contribution in [2.75, 3.05) is 13.7 Å². The van der Waals surface area contributed by atoms with Crippen molar-refractivity contribution in [3.8, 4) is 0 Å². The van der Waals surface area contributed by atoms with Crippen molar-refractivity contribution in [1.29, 1.82) is 0 Å². The van der Waals surface area contributed by atoms with Gasteiger partial charge in [0.2, 0.25) is 5.43 Å². The Bertz CT molecular complexity index is 943. The predicted octanol–water partition coefficient (Wildman–Crippen LogP) is 1.93. The molecule has 6 heteroatoms. The van der Waals surface area contributed by atoms with E-state index in [1.807, 2.05) is 12.1 Å². The van der Waals surface area contributed by atoms with Gasteiger partial charge in [-0.3, -0.25) is 14.2 Å². The fourth-order valence-corrected chi connectivity index (χ4v) is 3.42. The summed E-state index contributed by atoms with van der Waals surface area (Å²) < 4.78 is 7.34. The molecule has 5 nitrogen and oxygen atoms in total. The number of hydrogen-bond acceptors (Lipinski definition) is 5. The molecule has 21 heavy (non-hydrogen) atoms. The van der Waals surface area contributed by atoms with Crippen LogP contribution in [0.4, 0.5) is 0 Å². The normalized spacial score (nSPS) is 11.3. The molecule has 0 radical (unpaired) electrons. The molecule has 0 aliphatic rings. The number of fused-ring (bicyclic) bond motifs is 2. The van der Waals surface area contributed by atoms with Crippen molar-refractivity contribution < 1.29 is 4.74 Å². The summed E-state index contributed by atoms with van der Waals surface area (Å²) in [6, 6.07) is 7.28. The van der Waals surface area contributed by atoms with Gasteiger partial charge in [-0.25, -0.2) is 4.98 Å². The predicted molar refractivity (Wildman–Crippen MR) is 84.3 cm³/mol. The van der Waals surface area contributed by atoms with E-state index in [0.717, 1.165) is 4.70 Å². The SMILES string of the molecule is COCCn1c(C)nc2sc3ccccc3c(=O)c2c1=O. The zero-order chi connectivity index (χ0) is 15.0. The van der Waals surface area contributed by atoms with Crippen LogP contribution in [0.1, 0.15) is 5.82 Å². The van der Waals surface area contributed by atoms with Crippen LogP contribution in [-0.4, -0.2) is 23.3 Å². The third kappa shape index (κ3) is 2.26. The molecule has 0 aliphatic heterocycles. The molecule has 3 aromatic rings. The van der Waals surface area contributed by atoms with E-state index < -0.39 is 0 Å². The Morgan fingerprint density at radius 1 is 1.29 bits per heavy atom. The highest BCUT2D eigenvalue weighted by Gasteiger charge is 2.14. The van der Waals surface area contributed by atoms with E-state index in [1.54, 1.807) is 26.2 Å². The Labute approximate surface area is 124 Å². The van der Waals surface area contributed by atoms with Crippen LogP contribution in [0.2, 0.25) is 0 Å². The summed E-state index contributed by atoms with van der Waals surface area (Å²) in [5.74, 6) is 0.593. The van der Waals surface area contributed by atoms with E-state index in [2.05, 4.69) is 4.98 Å². The molecule has 0 spiro atoms. The highest BCUT2D eigenvalue weighted by atomic mass is 32.1. The summed E-state index contributed by atoms with van der Waals surface area (Å²) in [5, 5.41) is 0.733. The lowest BCUT2D eigenvalue weighted by molar-refractivity contribution is 0.185. The minimum atomic E-state index is -0.290. The van der Waals surface area contributed by atoms with Gasteiger partial charge < -0.3 is 4.74 Å². The Balaban J connectivity index is 2.42. The van der Waals surface area contributed by atoms with Gasteiger partial charge in [0, 0.05) is 17.2 Å². The zero-order valence-corrected chi connectivity index (χ0v) is 12.6. The Morgan fingerprint density at radius 3 is 2.81 bits per heavy atom. The minimum Gasteiger partial charge on any atom is -0.383 e. The van der Waals surface area contributed by atoms with Crippen LogP contribution in [0.25, 0.3) is 20.3 Å². The molecular weight excluding hydrogens is 288 g/mol. The molecule has 0 amide bonds. The van der Waals surface area contributed by atoms with E-state index in [4.69, 9.17) is 4.74 Å². The lowest BCUT2D eigenvalue weighted by atomic mass is 10.2. The number of aryl methyl sites for hydroxylation is 1. The van der Waals surface area contributed by atoms with E-state index >= 15 is 0 Å². The molecule has 0 bridgehead atoms. The smallest absolute Gasteiger partial charge is 0.266 e. The van der Waals surface area contributed by atoms with E-state index in [9.17, 15) is 9.59 Å². The molecule has 0 unspecified atom stereocenters. The highest BCUT2D eigenvalue weighted by molar-refractivity contribution is 7.24. The van der Waals surface area contributed by atoms with Crippen LogP contribution in [0.3, 0.4) is 0 Å². The molecule has 0 atom stereocenters. The largest absolute Gasteiger partial charge is 0.383 e. The molecular formula is C15H14N2O3S. The molecule has 3 rings (SSSR count). The average Bonchev–Trinajstić information content (AvgIpc) is 2.47. The first-order chi connectivity index (χ1) is 10.1. The fourth-order valence-electron chi connectivity index (χ4n) is 2.33. The third-order valence-electron chi connectivity index (χ3n) is 3.41. The van der Waals surface area contributed by atoms with Crippen molar-refractivity contribution >= 4 is 31.6 Å². The second-order valence-electron chi connectivity index (χ2n) is 4.72. The molecule has 0 N–H and O–H groups in total. The van der Waals surface area contributed by atoms with Gasteiger partial charge in [0.05, 0.1) is 13.2 Å². The molecule has 0 saturated heterocycles. The molecule has 108 valence electrons. The minimum absolute atomic E-state index is 0.167. The zero-order valence-electron chi connectivity index (χ0n) is 11.8. The molecule has 0 saturated carbocycles. The summed E-state index contributed by atoms with van der Waals surface area (Å²) in [6.45, 7) is 2.56. The van der Waals surface area contributed by atoms with Gasteiger partial charge in [-0.2, -0.15) is 0 Å². The van der Waals surface area contributed by atoms with Crippen LogP contribution in [0.5, 0.6) is 0 Å². The topological polar surface area (TPSA) is 61.2 Å². The van der Waals surface area contributed by atoms with Crippen LogP contribution < -0.4 is 11.0 Å². The maximum Gasteiger partial charge on any atom is 0.266 e. The molecule has 1 aromatic carbocycles. The summed E-state index contributed by atoms with van der Waals surface area (Å²) >= 11 is 1.37. The molecule has 0 aliphatic carbocycles. The van der Waals surface area contributed by atoms with Crippen LogP contribution in [0, 0.1) is 6.92 Å². The summed E-state index contributed by atoms with van der Waals surface area (Å²) in [7, 11) is 1.57. The van der Waals surface area contributed by atoms with Crippen molar-refractivity contribution in [3.63, 3.8) is 0 Å². The summed E-state index contributed by atoms with van der Waals surface area (Å²) in [4.78, 5) is 30.1. The number of methoxy groups -OCH3 is 1. The Morgan fingerprint density at radius 2 is 2.05 bits per heavy atom. The highest BCUT2D eigenvalue weighted by Crippen LogP contribution is 2.21. The van der Waals surface area contributed by atoms with E-state index in [0.29, 0.717) is 29.2 Å². The lowest BCUT2D eigenvalue weighted by Crippen LogP contribution is -2.28. The van der Waals surface area contributed by atoms with Gasteiger partial charge in [-0.1, -0.05) is 12.1 Å². The monoisotopic (exact) mass is 302 g/mol. The van der Waals surface area contributed by atoms with Crippen LogP contribution >= 0.6 is 11.3 Å². The first-order valence-electron chi connectivity index (χ1n) is 6.55. The quantitative estimate of drug-likeness (QED) is 0.694. The van der Waals surface area contributed by atoms with Gasteiger partial charge in [0.1, 0.15) is 16.0 Å². The van der Waals surface area contributed by atoms with Gasteiger partial charge in [-0.15, -0.1) is 11.3 Å². The summed E-state index contributed by atoms with van der Waals surface area (Å²) in [5.41, 5.74) is -0.537. The number of rotatable bonds is 3. The summed E-state index contributed by atoms with van der Waals surface area (Å²) in [6.07, 6.45) is 0. The van der Waals surface area contributed by atoms with Gasteiger partial charge >= 0.3 is 0 Å². The third-order valence-corrected chi connectivity index (χ3v) is 4.48.